The zero-order valence-corrected chi connectivity index (χ0v) is 14.3. The Balaban J connectivity index is 1.71. The predicted octanol–water partition coefficient (Wildman–Crippen LogP) is 2.46. The zero-order chi connectivity index (χ0) is 17.8. The van der Waals surface area contributed by atoms with E-state index >= 15 is 0 Å². The largest absolute Gasteiger partial charge is 0.365 e. The lowest BCUT2D eigenvalue weighted by atomic mass is 10.1. The summed E-state index contributed by atoms with van der Waals surface area (Å²) in [6.45, 7) is 0.146. The second kappa shape index (κ2) is 5.50. The van der Waals surface area contributed by atoms with Crippen LogP contribution in [0.5, 0.6) is 0 Å². The SMILES string of the molecule is Cn1cnc2c(NC3CC3)nc3cc(-c4ccc(F)c(CN)c4)nn3c21. The number of nitrogens with zero attached hydrogens (tertiary/aromatic N) is 5. The number of fused-ring (bicyclic) bond motifs is 3. The third-order valence-electron chi connectivity index (χ3n) is 4.73. The molecule has 0 unspecified atom stereocenters. The Morgan fingerprint density at radius 3 is 2.92 bits per heavy atom. The zero-order valence-electron chi connectivity index (χ0n) is 14.3. The van der Waals surface area contributed by atoms with Crippen LogP contribution in [-0.2, 0) is 13.6 Å². The maximum Gasteiger partial charge on any atom is 0.167 e. The molecular weight excluding hydrogens is 333 g/mol. The van der Waals surface area contributed by atoms with Crippen molar-refractivity contribution in [2.24, 2.45) is 12.8 Å². The molecule has 1 saturated carbocycles. The third kappa shape index (κ3) is 2.33. The number of aromatic nitrogens is 5. The Bertz CT molecular complexity index is 1140. The van der Waals surface area contributed by atoms with Gasteiger partial charge in [0.25, 0.3) is 0 Å². The summed E-state index contributed by atoms with van der Waals surface area (Å²) in [7, 11) is 1.93. The number of nitrogens with two attached hydrogens (primary N) is 1. The van der Waals surface area contributed by atoms with Crippen molar-refractivity contribution in [3.05, 3.63) is 42.0 Å². The molecule has 4 aromatic rings. The molecule has 1 fully saturated rings. The van der Waals surface area contributed by atoms with Crippen LogP contribution in [0.25, 0.3) is 28.1 Å². The Kier molecular flexibility index (Phi) is 3.23. The van der Waals surface area contributed by atoms with Gasteiger partial charge in [0.05, 0.1) is 12.0 Å². The number of halogens is 1. The lowest BCUT2D eigenvalue weighted by molar-refractivity contribution is 0.611. The molecule has 0 amide bonds. The van der Waals surface area contributed by atoms with E-state index in [1.807, 2.05) is 17.7 Å². The van der Waals surface area contributed by atoms with Crippen LogP contribution in [0.1, 0.15) is 18.4 Å². The van der Waals surface area contributed by atoms with Crippen LogP contribution < -0.4 is 11.1 Å². The number of imidazole rings is 1. The van der Waals surface area contributed by atoms with Gasteiger partial charge in [-0.25, -0.2) is 14.4 Å². The molecule has 26 heavy (non-hydrogen) atoms. The molecule has 1 aliphatic rings. The minimum absolute atomic E-state index is 0.146. The van der Waals surface area contributed by atoms with Crippen LogP contribution in [0.4, 0.5) is 10.2 Å². The Morgan fingerprint density at radius 1 is 1.31 bits per heavy atom. The summed E-state index contributed by atoms with van der Waals surface area (Å²) in [6, 6.07) is 7.25. The molecule has 1 aliphatic carbocycles. The van der Waals surface area contributed by atoms with Gasteiger partial charge in [-0.05, 0) is 31.0 Å². The van der Waals surface area contributed by atoms with Gasteiger partial charge in [0.2, 0.25) is 0 Å². The highest BCUT2D eigenvalue weighted by Gasteiger charge is 2.24. The summed E-state index contributed by atoms with van der Waals surface area (Å²) in [6.07, 6.45) is 4.07. The highest BCUT2D eigenvalue weighted by molar-refractivity contribution is 5.86. The van der Waals surface area contributed by atoms with E-state index in [1.54, 1.807) is 23.0 Å². The molecule has 7 nitrogen and oxygen atoms in total. The number of benzene rings is 1. The molecule has 0 atom stereocenters. The minimum atomic E-state index is -0.303. The number of hydrogen-bond acceptors (Lipinski definition) is 5. The topological polar surface area (TPSA) is 86.1 Å². The summed E-state index contributed by atoms with van der Waals surface area (Å²) in [5, 5.41) is 8.13. The second-order valence-corrected chi connectivity index (χ2v) is 6.72. The highest BCUT2D eigenvalue weighted by atomic mass is 19.1. The fourth-order valence-electron chi connectivity index (χ4n) is 3.17. The Morgan fingerprint density at radius 2 is 2.15 bits per heavy atom. The number of aryl methyl sites for hydroxylation is 1. The first-order chi connectivity index (χ1) is 12.6. The lowest BCUT2D eigenvalue weighted by Crippen LogP contribution is -2.07. The van der Waals surface area contributed by atoms with Gasteiger partial charge < -0.3 is 15.6 Å². The van der Waals surface area contributed by atoms with E-state index in [1.165, 1.54) is 6.07 Å². The molecule has 0 saturated heterocycles. The molecule has 0 radical (unpaired) electrons. The molecular formula is C18H18FN7. The first-order valence-electron chi connectivity index (χ1n) is 8.60. The lowest BCUT2D eigenvalue weighted by Gasteiger charge is -2.06. The standard InChI is InChI=1S/C18H18FN7/c1-25-9-21-16-17(22-12-3-4-12)23-15-7-14(24-26(15)18(16)25)10-2-5-13(19)11(6-10)8-20/h2,5-7,9,12H,3-4,8,20H2,1H3,(H,22,23). The number of anilines is 1. The van der Waals surface area contributed by atoms with E-state index in [4.69, 9.17) is 10.7 Å². The Labute approximate surface area is 148 Å². The molecule has 3 N–H and O–H groups in total. The second-order valence-electron chi connectivity index (χ2n) is 6.72. The average Bonchev–Trinajstić information content (AvgIpc) is 3.21. The van der Waals surface area contributed by atoms with Crippen molar-refractivity contribution in [2.75, 3.05) is 5.32 Å². The third-order valence-corrected chi connectivity index (χ3v) is 4.73. The normalized spacial score (nSPS) is 14.4. The monoisotopic (exact) mass is 351 g/mol. The molecule has 5 rings (SSSR count). The van der Waals surface area contributed by atoms with E-state index in [0.29, 0.717) is 11.6 Å². The van der Waals surface area contributed by atoms with Gasteiger partial charge in [0.1, 0.15) is 5.82 Å². The number of nitrogens with one attached hydrogen (secondary N) is 1. The maximum absolute atomic E-state index is 13.8. The summed E-state index contributed by atoms with van der Waals surface area (Å²) in [4.78, 5) is 9.20. The fourth-order valence-corrected chi connectivity index (χ4v) is 3.17. The molecule has 3 aromatic heterocycles. The summed E-state index contributed by atoms with van der Waals surface area (Å²) in [5.74, 6) is 0.479. The number of hydrogen-bond donors (Lipinski definition) is 2. The predicted molar refractivity (Wildman–Crippen MR) is 97.2 cm³/mol. The molecule has 0 bridgehead atoms. The van der Waals surface area contributed by atoms with Gasteiger partial charge in [0.15, 0.2) is 22.6 Å². The molecule has 3 heterocycles. The highest BCUT2D eigenvalue weighted by Crippen LogP contribution is 2.30. The van der Waals surface area contributed by atoms with Crippen LogP contribution in [0.2, 0.25) is 0 Å². The van der Waals surface area contributed by atoms with Gasteiger partial charge in [-0.3, -0.25) is 0 Å². The van der Waals surface area contributed by atoms with Crippen LogP contribution in [0.3, 0.4) is 0 Å². The minimum Gasteiger partial charge on any atom is -0.365 e. The number of rotatable bonds is 4. The molecule has 0 aliphatic heterocycles. The maximum atomic E-state index is 13.8. The van der Waals surface area contributed by atoms with Crippen molar-refractivity contribution in [1.82, 2.24) is 24.1 Å². The van der Waals surface area contributed by atoms with Crippen molar-refractivity contribution >= 4 is 22.6 Å². The van der Waals surface area contributed by atoms with E-state index < -0.39 is 0 Å². The molecule has 1 aromatic carbocycles. The quantitative estimate of drug-likeness (QED) is 0.590. The first kappa shape index (κ1) is 15.3. The van der Waals surface area contributed by atoms with Gasteiger partial charge in [-0.15, -0.1) is 0 Å². The first-order valence-corrected chi connectivity index (χ1v) is 8.60. The van der Waals surface area contributed by atoms with E-state index in [9.17, 15) is 4.39 Å². The van der Waals surface area contributed by atoms with Crippen LogP contribution in [0, 0.1) is 5.82 Å². The summed E-state index contributed by atoms with van der Waals surface area (Å²) >= 11 is 0. The van der Waals surface area contributed by atoms with E-state index in [2.05, 4.69) is 15.4 Å². The van der Waals surface area contributed by atoms with Crippen LogP contribution in [-0.4, -0.2) is 30.2 Å². The van der Waals surface area contributed by atoms with E-state index in [-0.39, 0.29) is 12.4 Å². The molecule has 8 heteroatoms. The summed E-state index contributed by atoms with van der Waals surface area (Å²) < 4.78 is 17.5. The van der Waals surface area contributed by atoms with Crippen LogP contribution in [0.15, 0.2) is 30.6 Å². The van der Waals surface area contributed by atoms with Crippen LogP contribution >= 0.6 is 0 Å². The van der Waals surface area contributed by atoms with E-state index in [0.717, 1.165) is 46.7 Å². The van der Waals surface area contributed by atoms with Crippen molar-refractivity contribution in [3.63, 3.8) is 0 Å². The van der Waals surface area contributed by atoms with Gasteiger partial charge >= 0.3 is 0 Å². The molecule has 132 valence electrons. The van der Waals surface area contributed by atoms with Gasteiger partial charge in [0, 0.05) is 36.8 Å². The van der Waals surface area contributed by atoms with Gasteiger partial charge in [-0.1, -0.05) is 0 Å². The van der Waals surface area contributed by atoms with Crippen molar-refractivity contribution < 1.29 is 4.39 Å². The smallest absolute Gasteiger partial charge is 0.167 e. The average molecular weight is 351 g/mol. The van der Waals surface area contributed by atoms with Crippen molar-refractivity contribution in [3.8, 4) is 11.3 Å². The Hall–Kier alpha value is -3.00. The van der Waals surface area contributed by atoms with Crippen molar-refractivity contribution in [2.45, 2.75) is 25.4 Å². The van der Waals surface area contributed by atoms with Crippen molar-refractivity contribution in [1.29, 1.82) is 0 Å². The van der Waals surface area contributed by atoms with Gasteiger partial charge in [-0.2, -0.15) is 9.61 Å². The fraction of sp³-hybridized carbons (Fsp3) is 0.278. The summed E-state index contributed by atoms with van der Waals surface area (Å²) in [5.41, 5.74) is 10.0. The molecule has 0 spiro atoms.